The molecule has 0 radical (unpaired) electrons. The monoisotopic (exact) mass is 370 g/mol. The predicted octanol–water partition coefficient (Wildman–Crippen LogP) is 3.88. The van der Waals surface area contributed by atoms with Crippen molar-refractivity contribution in [2.45, 2.75) is 51.1 Å². The Labute approximate surface area is 159 Å². The van der Waals surface area contributed by atoms with Crippen LogP contribution >= 0.6 is 11.3 Å². The fourth-order valence-corrected chi connectivity index (χ4v) is 4.11. The fourth-order valence-electron chi connectivity index (χ4n) is 3.43. The molecule has 4 nitrogen and oxygen atoms in total. The number of piperidine rings is 1. The van der Waals surface area contributed by atoms with Crippen LogP contribution in [0, 0.1) is 0 Å². The minimum absolute atomic E-state index is 0.0169. The summed E-state index contributed by atoms with van der Waals surface area (Å²) in [4.78, 5) is 28.0. The number of benzene rings is 1. The highest BCUT2D eigenvalue weighted by Crippen LogP contribution is 2.22. The van der Waals surface area contributed by atoms with Crippen molar-refractivity contribution in [1.29, 1.82) is 0 Å². The Bertz CT molecular complexity index is 715. The number of aryl methyl sites for hydroxylation is 1. The average Bonchev–Trinajstić information content (AvgIpc) is 3.21. The molecule has 2 atom stereocenters. The van der Waals surface area contributed by atoms with Crippen LogP contribution in [0.25, 0.3) is 0 Å². The van der Waals surface area contributed by atoms with E-state index in [-0.39, 0.29) is 23.9 Å². The molecule has 1 fully saturated rings. The van der Waals surface area contributed by atoms with E-state index in [1.807, 2.05) is 42.6 Å². The maximum absolute atomic E-state index is 12.8. The predicted molar refractivity (Wildman–Crippen MR) is 105 cm³/mol. The molecule has 1 aliphatic heterocycles. The van der Waals surface area contributed by atoms with Gasteiger partial charge in [-0.2, -0.15) is 0 Å². The summed E-state index contributed by atoms with van der Waals surface area (Å²) >= 11 is 1.44. The molecule has 2 heterocycles. The Kier molecular flexibility index (Phi) is 6.45. The highest BCUT2D eigenvalue weighted by atomic mass is 32.1. The van der Waals surface area contributed by atoms with Crippen molar-refractivity contribution in [3.05, 3.63) is 58.3 Å². The van der Waals surface area contributed by atoms with Gasteiger partial charge in [-0.1, -0.05) is 36.4 Å². The second-order valence-corrected chi connectivity index (χ2v) is 7.87. The number of hydrogen-bond acceptors (Lipinski definition) is 3. The van der Waals surface area contributed by atoms with E-state index < -0.39 is 0 Å². The summed E-state index contributed by atoms with van der Waals surface area (Å²) in [5, 5.41) is 5.02. The third-order valence-corrected chi connectivity index (χ3v) is 5.75. The fraction of sp³-hybridized carbons (Fsp3) is 0.429. The number of thiophene rings is 1. The number of hydrogen-bond donors (Lipinski definition) is 1. The average molecular weight is 371 g/mol. The van der Waals surface area contributed by atoms with Crippen molar-refractivity contribution in [1.82, 2.24) is 10.2 Å². The zero-order chi connectivity index (χ0) is 18.4. The lowest BCUT2D eigenvalue weighted by Gasteiger charge is -2.35. The van der Waals surface area contributed by atoms with Crippen molar-refractivity contribution in [2.75, 3.05) is 6.54 Å². The largest absolute Gasteiger partial charge is 0.352 e. The highest BCUT2D eigenvalue weighted by Gasteiger charge is 2.33. The molecule has 1 aromatic carbocycles. The molecule has 2 aromatic rings. The number of nitrogens with one attached hydrogen (secondary N) is 1. The number of carbonyl (C=O) groups is 2. The first-order valence-electron chi connectivity index (χ1n) is 9.34. The first-order valence-corrected chi connectivity index (χ1v) is 10.2. The second kappa shape index (κ2) is 8.99. The Morgan fingerprint density at radius 1 is 1.19 bits per heavy atom. The van der Waals surface area contributed by atoms with Crippen LogP contribution in [0.15, 0.2) is 47.8 Å². The van der Waals surface area contributed by atoms with Gasteiger partial charge in [0, 0.05) is 12.6 Å². The zero-order valence-corrected chi connectivity index (χ0v) is 16.0. The van der Waals surface area contributed by atoms with Gasteiger partial charge in [0.1, 0.15) is 6.04 Å². The lowest BCUT2D eigenvalue weighted by atomic mass is 10.00. The molecule has 26 heavy (non-hydrogen) atoms. The molecule has 2 amide bonds. The van der Waals surface area contributed by atoms with Crippen LogP contribution in [-0.4, -0.2) is 35.3 Å². The summed E-state index contributed by atoms with van der Waals surface area (Å²) < 4.78 is 0. The van der Waals surface area contributed by atoms with Crippen molar-refractivity contribution >= 4 is 23.2 Å². The Hall–Kier alpha value is -2.14. The number of carbonyl (C=O) groups excluding carboxylic acids is 2. The maximum atomic E-state index is 12.8. The third kappa shape index (κ3) is 4.73. The molecule has 138 valence electrons. The van der Waals surface area contributed by atoms with Crippen LogP contribution in [0.1, 0.15) is 47.8 Å². The van der Waals surface area contributed by atoms with Gasteiger partial charge in [-0.25, -0.2) is 0 Å². The van der Waals surface area contributed by atoms with Gasteiger partial charge in [-0.3, -0.25) is 9.59 Å². The van der Waals surface area contributed by atoms with E-state index in [1.165, 1.54) is 16.9 Å². The maximum Gasteiger partial charge on any atom is 0.264 e. The van der Waals surface area contributed by atoms with Crippen molar-refractivity contribution in [3.63, 3.8) is 0 Å². The Balaban J connectivity index is 1.57. The van der Waals surface area contributed by atoms with Gasteiger partial charge < -0.3 is 10.2 Å². The third-order valence-electron chi connectivity index (χ3n) is 4.90. The molecular weight excluding hydrogens is 344 g/mol. The van der Waals surface area contributed by atoms with Gasteiger partial charge in [0.2, 0.25) is 5.91 Å². The number of rotatable bonds is 6. The van der Waals surface area contributed by atoms with Crippen LogP contribution in [0.2, 0.25) is 0 Å². The van der Waals surface area contributed by atoms with Gasteiger partial charge in [0.05, 0.1) is 4.88 Å². The van der Waals surface area contributed by atoms with Gasteiger partial charge in [0.15, 0.2) is 0 Å². The lowest BCUT2D eigenvalue weighted by Crippen LogP contribution is -2.53. The van der Waals surface area contributed by atoms with Crippen molar-refractivity contribution in [3.8, 4) is 0 Å². The molecule has 0 bridgehead atoms. The minimum atomic E-state index is -0.350. The molecule has 0 spiro atoms. The standard InChI is InChI=1S/C21H26N2O2S/c1-16(12-13-17-8-3-2-4-9-17)22-20(24)18-10-5-6-14-23(18)21(25)19-11-7-15-26-19/h2-4,7-9,11,15-16,18H,5-6,10,12-14H2,1H3,(H,22,24). The smallest absolute Gasteiger partial charge is 0.264 e. The van der Waals surface area contributed by atoms with Crippen LogP contribution in [-0.2, 0) is 11.2 Å². The van der Waals surface area contributed by atoms with E-state index in [1.54, 1.807) is 4.90 Å². The second-order valence-electron chi connectivity index (χ2n) is 6.92. The molecule has 0 saturated carbocycles. The summed E-state index contributed by atoms with van der Waals surface area (Å²) in [5.74, 6) is -0.0352. The van der Waals surface area contributed by atoms with Crippen LogP contribution in [0.4, 0.5) is 0 Å². The van der Waals surface area contributed by atoms with E-state index in [4.69, 9.17) is 0 Å². The molecule has 5 heteroatoms. The molecule has 3 rings (SSSR count). The normalized spacial score (nSPS) is 18.3. The van der Waals surface area contributed by atoms with Gasteiger partial charge in [-0.15, -0.1) is 11.3 Å². The van der Waals surface area contributed by atoms with Gasteiger partial charge >= 0.3 is 0 Å². The van der Waals surface area contributed by atoms with Gasteiger partial charge in [-0.05, 0) is 56.0 Å². The minimum Gasteiger partial charge on any atom is -0.352 e. The molecule has 0 aliphatic carbocycles. The first kappa shape index (κ1) is 18.6. The summed E-state index contributed by atoms with van der Waals surface area (Å²) in [6, 6.07) is 13.7. The molecule has 1 aromatic heterocycles. The molecule has 1 N–H and O–H groups in total. The topological polar surface area (TPSA) is 49.4 Å². The highest BCUT2D eigenvalue weighted by molar-refractivity contribution is 7.12. The SMILES string of the molecule is CC(CCc1ccccc1)NC(=O)C1CCCCN1C(=O)c1cccs1. The van der Waals surface area contributed by atoms with Crippen LogP contribution in [0.3, 0.4) is 0 Å². The van der Waals surface area contributed by atoms with E-state index >= 15 is 0 Å². The Morgan fingerprint density at radius 3 is 2.73 bits per heavy atom. The first-order chi connectivity index (χ1) is 12.6. The number of nitrogens with zero attached hydrogens (tertiary/aromatic N) is 1. The van der Waals surface area contributed by atoms with Crippen LogP contribution in [0.5, 0.6) is 0 Å². The molecule has 1 aliphatic rings. The quantitative estimate of drug-likeness (QED) is 0.839. The molecular formula is C21H26N2O2S. The lowest BCUT2D eigenvalue weighted by molar-refractivity contribution is -0.127. The van der Waals surface area contributed by atoms with E-state index in [2.05, 4.69) is 17.4 Å². The van der Waals surface area contributed by atoms with E-state index in [9.17, 15) is 9.59 Å². The summed E-state index contributed by atoms with van der Waals surface area (Å²) in [6.07, 6.45) is 4.52. The van der Waals surface area contributed by atoms with Crippen LogP contribution < -0.4 is 5.32 Å². The molecule has 1 saturated heterocycles. The van der Waals surface area contributed by atoms with E-state index in [0.29, 0.717) is 11.4 Å². The zero-order valence-electron chi connectivity index (χ0n) is 15.2. The van der Waals surface area contributed by atoms with Crippen molar-refractivity contribution < 1.29 is 9.59 Å². The van der Waals surface area contributed by atoms with E-state index in [0.717, 1.165) is 32.1 Å². The van der Waals surface area contributed by atoms with Gasteiger partial charge in [0.25, 0.3) is 5.91 Å². The summed E-state index contributed by atoms with van der Waals surface area (Å²) in [5.41, 5.74) is 1.28. The summed E-state index contributed by atoms with van der Waals surface area (Å²) in [7, 11) is 0. The van der Waals surface area contributed by atoms with Crippen molar-refractivity contribution in [2.24, 2.45) is 0 Å². The Morgan fingerprint density at radius 2 is 2.00 bits per heavy atom. The summed E-state index contributed by atoms with van der Waals surface area (Å²) in [6.45, 7) is 2.70. The number of amides is 2. The molecule has 2 unspecified atom stereocenters. The number of likely N-dealkylation sites (tertiary alicyclic amines) is 1.